The number of aliphatic imine (C=N–C) groups is 1. The van der Waals surface area contributed by atoms with Gasteiger partial charge in [0.05, 0.1) is 6.54 Å². The number of aromatic nitrogens is 3. The van der Waals surface area contributed by atoms with Crippen LogP contribution in [0.25, 0.3) is 0 Å². The highest BCUT2D eigenvalue weighted by Crippen LogP contribution is 2.30. The van der Waals surface area contributed by atoms with Crippen LogP contribution in [0.4, 0.5) is 19.1 Å². The Kier molecular flexibility index (Phi) is 5.02. The van der Waals surface area contributed by atoms with E-state index in [1.807, 2.05) is 9.80 Å². The van der Waals surface area contributed by atoms with E-state index in [9.17, 15) is 13.2 Å². The number of halogens is 3. The maximum absolute atomic E-state index is 12.5. The van der Waals surface area contributed by atoms with Gasteiger partial charge in [-0.3, -0.25) is 0 Å². The highest BCUT2D eigenvalue weighted by atomic mass is 32.1. The van der Waals surface area contributed by atoms with E-state index < -0.39 is 11.9 Å². The summed E-state index contributed by atoms with van der Waals surface area (Å²) in [5.74, 6) is 0.970. The average molecular weight is 371 g/mol. The molecule has 3 rings (SSSR count). The SMILES string of the molecule is NC(=NCc1nc(C(F)(F)F)cs1)N1CCN(c2ncccn2)CC1. The fraction of sp³-hybridized carbons (Fsp3) is 0.429. The van der Waals surface area contributed by atoms with Gasteiger partial charge in [0.15, 0.2) is 11.7 Å². The quantitative estimate of drug-likeness (QED) is 0.652. The molecule has 0 amide bonds. The highest BCUT2D eigenvalue weighted by Gasteiger charge is 2.33. The second-order valence-electron chi connectivity index (χ2n) is 5.32. The van der Waals surface area contributed by atoms with Gasteiger partial charge in [-0.2, -0.15) is 13.2 Å². The number of nitrogens with zero attached hydrogens (tertiary/aromatic N) is 6. The maximum atomic E-state index is 12.5. The van der Waals surface area contributed by atoms with Crippen LogP contribution in [0, 0.1) is 0 Å². The first-order valence-corrected chi connectivity index (χ1v) is 8.40. The van der Waals surface area contributed by atoms with Gasteiger partial charge < -0.3 is 15.5 Å². The van der Waals surface area contributed by atoms with Crippen LogP contribution < -0.4 is 10.6 Å². The van der Waals surface area contributed by atoms with Crippen molar-refractivity contribution in [2.24, 2.45) is 10.7 Å². The molecule has 0 aliphatic carbocycles. The molecule has 2 aromatic heterocycles. The Balaban J connectivity index is 1.54. The van der Waals surface area contributed by atoms with Crippen LogP contribution in [0.2, 0.25) is 0 Å². The molecule has 1 fully saturated rings. The largest absolute Gasteiger partial charge is 0.434 e. The summed E-state index contributed by atoms with van der Waals surface area (Å²) in [6.45, 7) is 2.69. The number of guanidine groups is 1. The minimum Gasteiger partial charge on any atom is -0.370 e. The molecule has 134 valence electrons. The Hall–Kier alpha value is -2.43. The summed E-state index contributed by atoms with van der Waals surface area (Å²) in [5.41, 5.74) is 5.06. The van der Waals surface area contributed by atoms with Gasteiger partial charge in [0.2, 0.25) is 5.95 Å². The molecule has 0 atom stereocenters. The third kappa shape index (κ3) is 4.35. The van der Waals surface area contributed by atoms with Gasteiger partial charge in [-0.25, -0.2) is 19.9 Å². The van der Waals surface area contributed by atoms with Crippen molar-refractivity contribution in [1.29, 1.82) is 0 Å². The third-order valence-electron chi connectivity index (χ3n) is 3.66. The van der Waals surface area contributed by atoms with E-state index >= 15 is 0 Å². The molecule has 0 bridgehead atoms. The monoisotopic (exact) mass is 371 g/mol. The van der Waals surface area contributed by atoms with Crippen molar-refractivity contribution in [1.82, 2.24) is 19.9 Å². The van der Waals surface area contributed by atoms with Crippen molar-refractivity contribution in [2.75, 3.05) is 31.1 Å². The number of rotatable bonds is 3. The first kappa shape index (κ1) is 17.4. The maximum Gasteiger partial charge on any atom is 0.434 e. The predicted molar refractivity (Wildman–Crippen MR) is 88.3 cm³/mol. The molecule has 0 radical (unpaired) electrons. The molecule has 25 heavy (non-hydrogen) atoms. The Bertz CT molecular complexity index is 724. The lowest BCUT2D eigenvalue weighted by Crippen LogP contribution is -2.51. The molecule has 0 unspecified atom stereocenters. The highest BCUT2D eigenvalue weighted by molar-refractivity contribution is 7.09. The topological polar surface area (TPSA) is 83.5 Å². The number of piperazine rings is 1. The summed E-state index contributed by atoms with van der Waals surface area (Å²) in [4.78, 5) is 20.0. The van der Waals surface area contributed by atoms with Crippen molar-refractivity contribution >= 4 is 23.2 Å². The van der Waals surface area contributed by atoms with Crippen LogP contribution in [0.15, 0.2) is 28.8 Å². The standard InChI is InChI=1S/C14H16F3N7S/c15-14(16,17)10-9-25-11(22-10)8-21-12(18)23-4-6-24(7-5-23)13-19-2-1-3-20-13/h1-3,9H,4-8H2,(H2,18,21). The average Bonchev–Trinajstić information content (AvgIpc) is 3.10. The van der Waals surface area contributed by atoms with E-state index in [0.717, 1.165) is 16.7 Å². The number of hydrogen-bond acceptors (Lipinski definition) is 6. The van der Waals surface area contributed by atoms with Gasteiger partial charge in [0.25, 0.3) is 0 Å². The molecule has 2 aromatic rings. The van der Waals surface area contributed by atoms with Crippen molar-refractivity contribution in [3.8, 4) is 0 Å². The lowest BCUT2D eigenvalue weighted by molar-refractivity contribution is -0.140. The third-order valence-corrected chi connectivity index (χ3v) is 4.49. The fourth-order valence-electron chi connectivity index (χ4n) is 2.35. The summed E-state index contributed by atoms with van der Waals surface area (Å²) in [6, 6.07) is 1.76. The van der Waals surface area contributed by atoms with E-state index in [-0.39, 0.29) is 11.6 Å². The first-order valence-electron chi connectivity index (χ1n) is 7.52. The van der Waals surface area contributed by atoms with Crippen LogP contribution in [0.5, 0.6) is 0 Å². The summed E-state index contributed by atoms with van der Waals surface area (Å²) in [7, 11) is 0. The number of thiazole rings is 1. The zero-order valence-corrected chi connectivity index (χ0v) is 14.0. The Morgan fingerprint density at radius 2 is 1.88 bits per heavy atom. The van der Waals surface area contributed by atoms with Gasteiger partial charge in [-0.15, -0.1) is 11.3 Å². The van der Waals surface area contributed by atoms with E-state index in [0.29, 0.717) is 38.1 Å². The minimum atomic E-state index is -4.43. The molecule has 0 aromatic carbocycles. The molecule has 0 spiro atoms. The number of anilines is 1. The van der Waals surface area contributed by atoms with E-state index in [1.165, 1.54) is 0 Å². The van der Waals surface area contributed by atoms with Crippen LogP contribution in [0.3, 0.4) is 0 Å². The van der Waals surface area contributed by atoms with Crippen LogP contribution in [-0.2, 0) is 12.7 Å². The molecule has 0 saturated carbocycles. The van der Waals surface area contributed by atoms with Crippen molar-refractivity contribution in [2.45, 2.75) is 12.7 Å². The molecule has 2 N–H and O–H groups in total. The van der Waals surface area contributed by atoms with Gasteiger partial charge in [0, 0.05) is 44.0 Å². The van der Waals surface area contributed by atoms with Gasteiger partial charge >= 0.3 is 6.18 Å². The minimum absolute atomic E-state index is 0.0363. The zero-order valence-electron chi connectivity index (χ0n) is 13.1. The molecule has 1 aliphatic rings. The second-order valence-corrected chi connectivity index (χ2v) is 6.26. The Labute approximate surface area is 146 Å². The number of alkyl halides is 3. The molecular formula is C14H16F3N7S. The lowest BCUT2D eigenvalue weighted by Gasteiger charge is -2.35. The van der Waals surface area contributed by atoms with Gasteiger partial charge in [-0.1, -0.05) is 0 Å². The normalized spacial score (nSPS) is 16.4. The summed E-state index contributed by atoms with van der Waals surface area (Å²) in [6.07, 6.45) is -1.05. The second kappa shape index (κ2) is 7.21. The Morgan fingerprint density at radius 3 is 2.48 bits per heavy atom. The van der Waals surface area contributed by atoms with Crippen LogP contribution >= 0.6 is 11.3 Å². The summed E-state index contributed by atoms with van der Waals surface area (Å²) in [5, 5.41) is 1.27. The van der Waals surface area contributed by atoms with E-state index in [1.54, 1.807) is 18.5 Å². The van der Waals surface area contributed by atoms with Crippen molar-refractivity contribution in [3.05, 3.63) is 34.5 Å². The molecule has 3 heterocycles. The van der Waals surface area contributed by atoms with Crippen LogP contribution in [0.1, 0.15) is 10.7 Å². The predicted octanol–water partition coefficient (Wildman–Crippen LogP) is 1.59. The molecule has 1 aliphatic heterocycles. The van der Waals surface area contributed by atoms with Gasteiger partial charge in [-0.05, 0) is 6.07 Å². The van der Waals surface area contributed by atoms with E-state index in [4.69, 9.17) is 5.73 Å². The molecule has 7 nitrogen and oxygen atoms in total. The fourth-order valence-corrected chi connectivity index (χ4v) is 3.08. The van der Waals surface area contributed by atoms with E-state index in [2.05, 4.69) is 19.9 Å². The summed E-state index contributed by atoms with van der Waals surface area (Å²) < 4.78 is 37.6. The van der Waals surface area contributed by atoms with Crippen molar-refractivity contribution in [3.63, 3.8) is 0 Å². The van der Waals surface area contributed by atoms with Crippen LogP contribution in [-0.4, -0.2) is 52.0 Å². The number of hydrogen-bond donors (Lipinski definition) is 1. The van der Waals surface area contributed by atoms with Gasteiger partial charge in [0.1, 0.15) is 5.01 Å². The smallest absolute Gasteiger partial charge is 0.370 e. The Morgan fingerprint density at radius 1 is 1.20 bits per heavy atom. The molecule has 11 heteroatoms. The molecule has 1 saturated heterocycles. The lowest BCUT2D eigenvalue weighted by atomic mass is 10.3. The molecular weight excluding hydrogens is 355 g/mol. The zero-order chi connectivity index (χ0) is 17.9. The summed E-state index contributed by atoms with van der Waals surface area (Å²) >= 11 is 0.926. The van der Waals surface area contributed by atoms with Crippen molar-refractivity contribution < 1.29 is 13.2 Å². The number of nitrogens with two attached hydrogens (primary N) is 1. The first-order chi connectivity index (χ1) is 11.9.